The van der Waals surface area contributed by atoms with E-state index in [0.29, 0.717) is 0 Å². The molecule has 2 atom stereocenters. The summed E-state index contributed by atoms with van der Waals surface area (Å²) in [6.45, 7) is 10.4. The van der Waals surface area contributed by atoms with Gasteiger partial charge in [-0.05, 0) is 33.3 Å². The van der Waals surface area contributed by atoms with Gasteiger partial charge in [0.15, 0.2) is 0 Å². The molecule has 3 rings (SSSR count). The van der Waals surface area contributed by atoms with Gasteiger partial charge in [0.25, 0.3) is 0 Å². The largest absolute Gasteiger partial charge is 0.487 e. The van der Waals surface area contributed by atoms with Crippen LogP contribution in [0.2, 0.25) is 0 Å². The Labute approximate surface area is 121 Å². The summed E-state index contributed by atoms with van der Waals surface area (Å²) in [6.07, 6.45) is 1.88. The fourth-order valence-electron chi connectivity index (χ4n) is 3.57. The van der Waals surface area contributed by atoms with Gasteiger partial charge in [-0.15, -0.1) is 0 Å². The lowest BCUT2D eigenvalue weighted by atomic mass is 9.78. The van der Waals surface area contributed by atoms with Crippen molar-refractivity contribution in [1.82, 2.24) is 5.32 Å². The van der Waals surface area contributed by atoms with Crippen LogP contribution < -0.4 is 10.1 Å². The summed E-state index contributed by atoms with van der Waals surface area (Å²) < 4.78 is 12.8. The SMILES string of the molecule is CCC1(C)CNCC2(CC(C)(C)Oc3ccccc32)O1. The Kier molecular flexibility index (Phi) is 3.11. The van der Waals surface area contributed by atoms with Crippen LogP contribution in [-0.4, -0.2) is 24.3 Å². The second kappa shape index (κ2) is 4.47. The molecule has 0 aliphatic carbocycles. The molecule has 1 saturated heterocycles. The molecule has 2 aliphatic heterocycles. The molecule has 0 saturated carbocycles. The fraction of sp³-hybridized carbons (Fsp3) is 0.647. The zero-order chi connectivity index (χ0) is 14.4. The van der Waals surface area contributed by atoms with Crippen molar-refractivity contribution in [2.24, 2.45) is 0 Å². The molecule has 20 heavy (non-hydrogen) atoms. The number of rotatable bonds is 1. The average Bonchev–Trinajstić information content (AvgIpc) is 2.37. The predicted octanol–water partition coefficient (Wildman–Crippen LogP) is 3.23. The Morgan fingerprint density at radius 3 is 2.65 bits per heavy atom. The van der Waals surface area contributed by atoms with Gasteiger partial charge < -0.3 is 14.8 Å². The number of fused-ring (bicyclic) bond motifs is 2. The van der Waals surface area contributed by atoms with Crippen LogP contribution in [0.15, 0.2) is 24.3 Å². The van der Waals surface area contributed by atoms with Gasteiger partial charge in [0.2, 0.25) is 0 Å². The van der Waals surface area contributed by atoms with E-state index in [1.807, 2.05) is 6.07 Å². The second-order valence-electron chi connectivity index (χ2n) is 7.04. The number of morpholine rings is 1. The summed E-state index contributed by atoms with van der Waals surface area (Å²) in [5.41, 5.74) is 0.591. The molecule has 110 valence electrons. The van der Waals surface area contributed by atoms with E-state index in [0.717, 1.165) is 31.7 Å². The minimum Gasteiger partial charge on any atom is -0.487 e. The van der Waals surface area contributed by atoms with Gasteiger partial charge >= 0.3 is 0 Å². The van der Waals surface area contributed by atoms with Crippen molar-refractivity contribution in [2.45, 2.75) is 57.3 Å². The van der Waals surface area contributed by atoms with Gasteiger partial charge in [0.05, 0.1) is 5.60 Å². The Balaban J connectivity index is 2.07. The highest BCUT2D eigenvalue weighted by Crippen LogP contribution is 2.48. The van der Waals surface area contributed by atoms with Gasteiger partial charge in [-0.2, -0.15) is 0 Å². The molecule has 3 nitrogen and oxygen atoms in total. The molecule has 0 bridgehead atoms. The molecule has 2 aliphatic rings. The maximum absolute atomic E-state index is 6.67. The number of hydrogen-bond donors (Lipinski definition) is 1. The van der Waals surface area contributed by atoms with Crippen molar-refractivity contribution in [3.8, 4) is 5.75 Å². The topological polar surface area (TPSA) is 30.5 Å². The molecule has 0 amide bonds. The monoisotopic (exact) mass is 275 g/mol. The first-order chi connectivity index (χ1) is 9.38. The van der Waals surface area contributed by atoms with E-state index in [1.54, 1.807) is 0 Å². The Bertz CT molecular complexity index is 513. The van der Waals surface area contributed by atoms with Crippen LogP contribution in [0, 0.1) is 0 Å². The van der Waals surface area contributed by atoms with Gasteiger partial charge in [0, 0.05) is 25.1 Å². The molecule has 1 aromatic rings. The molecule has 1 fully saturated rings. The summed E-state index contributed by atoms with van der Waals surface area (Å²) in [7, 11) is 0. The van der Waals surface area contributed by atoms with Gasteiger partial charge in [-0.25, -0.2) is 0 Å². The maximum atomic E-state index is 6.67. The molecule has 1 N–H and O–H groups in total. The second-order valence-corrected chi connectivity index (χ2v) is 7.04. The molecule has 1 spiro atoms. The van der Waals surface area contributed by atoms with Crippen molar-refractivity contribution in [3.05, 3.63) is 29.8 Å². The van der Waals surface area contributed by atoms with Crippen molar-refractivity contribution < 1.29 is 9.47 Å². The standard InChI is InChI=1S/C17H25NO2/c1-5-16(4)11-18-12-17(20-16)10-15(2,3)19-14-9-7-6-8-13(14)17/h6-9,18H,5,10-12H2,1-4H3. The number of nitrogens with one attached hydrogen (secondary N) is 1. The van der Waals surface area contributed by atoms with Crippen LogP contribution in [0.5, 0.6) is 5.75 Å². The predicted molar refractivity (Wildman–Crippen MR) is 80.1 cm³/mol. The molecule has 0 aromatic heterocycles. The highest BCUT2D eigenvalue weighted by atomic mass is 16.5. The van der Waals surface area contributed by atoms with Gasteiger partial charge in [-0.3, -0.25) is 0 Å². The Hall–Kier alpha value is -1.06. The van der Waals surface area contributed by atoms with Crippen LogP contribution in [0.3, 0.4) is 0 Å². The third-order valence-corrected chi connectivity index (χ3v) is 4.57. The van der Waals surface area contributed by atoms with Crippen molar-refractivity contribution in [1.29, 1.82) is 0 Å². The number of ether oxygens (including phenoxy) is 2. The van der Waals surface area contributed by atoms with E-state index in [-0.39, 0.29) is 16.8 Å². The van der Waals surface area contributed by atoms with E-state index >= 15 is 0 Å². The zero-order valence-corrected chi connectivity index (χ0v) is 13.0. The maximum Gasteiger partial charge on any atom is 0.126 e. The zero-order valence-electron chi connectivity index (χ0n) is 13.0. The summed E-state index contributed by atoms with van der Waals surface area (Å²) in [4.78, 5) is 0. The molecular weight excluding hydrogens is 250 g/mol. The van der Waals surface area contributed by atoms with Crippen LogP contribution in [0.1, 0.15) is 46.1 Å². The van der Waals surface area contributed by atoms with Crippen LogP contribution >= 0.6 is 0 Å². The Morgan fingerprint density at radius 1 is 1.15 bits per heavy atom. The van der Waals surface area contributed by atoms with E-state index in [1.165, 1.54) is 5.56 Å². The molecular formula is C17H25NO2. The minimum atomic E-state index is -0.276. The first kappa shape index (κ1) is 13.9. The minimum absolute atomic E-state index is 0.112. The lowest BCUT2D eigenvalue weighted by molar-refractivity contribution is -0.205. The van der Waals surface area contributed by atoms with Crippen LogP contribution in [-0.2, 0) is 10.3 Å². The van der Waals surface area contributed by atoms with Gasteiger partial charge in [0.1, 0.15) is 17.0 Å². The van der Waals surface area contributed by atoms with Crippen LogP contribution in [0.4, 0.5) is 0 Å². The number of para-hydroxylation sites is 1. The van der Waals surface area contributed by atoms with Crippen molar-refractivity contribution in [2.75, 3.05) is 13.1 Å². The van der Waals surface area contributed by atoms with Crippen molar-refractivity contribution >= 4 is 0 Å². The van der Waals surface area contributed by atoms with E-state index in [9.17, 15) is 0 Å². The quantitative estimate of drug-likeness (QED) is 0.853. The fourth-order valence-corrected chi connectivity index (χ4v) is 3.57. The molecule has 3 heteroatoms. The molecule has 2 unspecified atom stereocenters. The average molecular weight is 275 g/mol. The highest BCUT2D eigenvalue weighted by molar-refractivity contribution is 5.42. The van der Waals surface area contributed by atoms with Crippen molar-refractivity contribution in [3.63, 3.8) is 0 Å². The molecule has 2 heterocycles. The van der Waals surface area contributed by atoms with E-state index in [2.05, 4.69) is 51.2 Å². The van der Waals surface area contributed by atoms with E-state index < -0.39 is 0 Å². The first-order valence-electron chi connectivity index (χ1n) is 7.58. The smallest absolute Gasteiger partial charge is 0.126 e. The summed E-state index contributed by atoms with van der Waals surface area (Å²) in [5, 5.41) is 3.58. The Morgan fingerprint density at radius 2 is 1.90 bits per heavy atom. The molecule has 1 aromatic carbocycles. The number of hydrogen-bond acceptors (Lipinski definition) is 3. The lowest BCUT2D eigenvalue weighted by Gasteiger charge is -2.52. The summed E-state index contributed by atoms with van der Waals surface area (Å²) >= 11 is 0. The van der Waals surface area contributed by atoms with E-state index in [4.69, 9.17) is 9.47 Å². The molecule has 0 radical (unpaired) electrons. The van der Waals surface area contributed by atoms with Crippen LogP contribution in [0.25, 0.3) is 0 Å². The summed E-state index contributed by atoms with van der Waals surface area (Å²) in [5.74, 6) is 0.964. The first-order valence-corrected chi connectivity index (χ1v) is 7.58. The normalized spacial score (nSPS) is 35.4. The third kappa shape index (κ3) is 2.23. The third-order valence-electron chi connectivity index (χ3n) is 4.57. The lowest BCUT2D eigenvalue weighted by Crippen LogP contribution is -2.61. The summed E-state index contributed by atoms with van der Waals surface area (Å²) in [6, 6.07) is 8.31. The number of benzene rings is 1. The van der Waals surface area contributed by atoms with Gasteiger partial charge in [-0.1, -0.05) is 25.1 Å². The highest BCUT2D eigenvalue weighted by Gasteiger charge is 2.51.